The minimum atomic E-state index is 0.0367. The third-order valence-corrected chi connectivity index (χ3v) is 2.74. The molecule has 0 aromatic rings. The highest BCUT2D eigenvalue weighted by molar-refractivity contribution is 5.81. The molecular formula is C11H23N3O. The van der Waals surface area contributed by atoms with E-state index in [1.807, 2.05) is 14.1 Å². The summed E-state index contributed by atoms with van der Waals surface area (Å²) >= 11 is 0. The molecular weight excluding hydrogens is 190 g/mol. The quantitative estimate of drug-likeness (QED) is 0.701. The highest BCUT2D eigenvalue weighted by atomic mass is 16.2. The van der Waals surface area contributed by atoms with Crippen LogP contribution in [-0.2, 0) is 4.79 Å². The third-order valence-electron chi connectivity index (χ3n) is 2.74. The third kappa shape index (κ3) is 5.14. The van der Waals surface area contributed by atoms with Crippen LogP contribution < -0.4 is 10.6 Å². The van der Waals surface area contributed by atoms with Crippen molar-refractivity contribution in [3.8, 4) is 0 Å². The van der Waals surface area contributed by atoms with Gasteiger partial charge in [-0.05, 0) is 33.5 Å². The zero-order chi connectivity index (χ0) is 11.1. The van der Waals surface area contributed by atoms with Gasteiger partial charge in [-0.3, -0.25) is 4.79 Å². The predicted molar refractivity (Wildman–Crippen MR) is 61.8 cm³/mol. The summed E-state index contributed by atoms with van der Waals surface area (Å²) in [7, 11) is 4.02. The molecule has 1 fully saturated rings. The van der Waals surface area contributed by atoms with E-state index in [4.69, 9.17) is 0 Å². The first-order chi connectivity index (χ1) is 7.20. The molecule has 4 heteroatoms. The van der Waals surface area contributed by atoms with Crippen LogP contribution in [0.3, 0.4) is 0 Å². The topological polar surface area (TPSA) is 44.4 Å². The molecule has 1 unspecified atom stereocenters. The summed E-state index contributed by atoms with van der Waals surface area (Å²) in [5.41, 5.74) is 0. The fraction of sp³-hybridized carbons (Fsp3) is 0.909. The van der Waals surface area contributed by atoms with E-state index >= 15 is 0 Å². The molecule has 2 N–H and O–H groups in total. The lowest BCUT2D eigenvalue weighted by Gasteiger charge is -2.16. The van der Waals surface area contributed by atoms with Crippen LogP contribution in [-0.4, -0.2) is 50.6 Å². The van der Waals surface area contributed by atoms with E-state index < -0.39 is 0 Å². The Morgan fingerprint density at radius 1 is 1.40 bits per heavy atom. The van der Waals surface area contributed by atoms with Gasteiger partial charge in [0.15, 0.2) is 0 Å². The van der Waals surface area contributed by atoms with Crippen molar-refractivity contribution in [2.75, 3.05) is 33.7 Å². The molecule has 0 radical (unpaired) electrons. The number of nitrogens with zero attached hydrogens (tertiary/aromatic N) is 1. The van der Waals surface area contributed by atoms with Gasteiger partial charge in [0.25, 0.3) is 0 Å². The van der Waals surface area contributed by atoms with E-state index in [0.717, 1.165) is 26.1 Å². The number of nitrogens with one attached hydrogen (secondary N) is 2. The van der Waals surface area contributed by atoms with Crippen LogP contribution in [0, 0.1) is 0 Å². The minimum absolute atomic E-state index is 0.0367. The molecule has 1 atom stereocenters. The molecule has 0 aromatic carbocycles. The Morgan fingerprint density at radius 3 is 2.93 bits per heavy atom. The van der Waals surface area contributed by atoms with E-state index in [-0.39, 0.29) is 11.9 Å². The Morgan fingerprint density at radius 2 is 2.20 bits per heavy atom. The van der Waals surface area contributed by atoms with Crippen LogP contribution in [0.15, 0.2) is 0 Å². The van der Waals surface area contributed by atoms with Gasteiger partial charge in [-0.1, -0.05) is 12.8 Å². The van der Waals surface area contributed by atoms with Gasteiger partial charge < -0.3 is 15.5 Å². The van der Waals surface area contributed by atoms with Crippen molar-refractivity contribution in [1.29, 1.82) is 0 Å². The summed E-state index contributed by atoms with van der Waals surface area (Å²) < 4.78 is 0. The Balaban J connectivity index is 2.19. The molecule has 88 valence electrons. The number of hydrogen-bond acceptors (Lipinski definition) is 3. The lowest BCUT2D eigenvalue weighted by atomic mass is 10.1. The van der Waals surface area contributed by atoms with Gasteiger partial charge in [0.05, 0.1) is 6.04 Å². The average Bonchev–Trinajstić information content (AvgIpc) is 2.44. The zero-order valence-electron chi connectivity index (χ0n) is 9.88. The second-order valence-electron chi connectivity index (χ2n) is 4.45. The Hall–Kier alpha value is -0.610. The van der Waals surface area contributed by atoms with Crippen molar-refractivity contribution in [3.63, 3.8) is 0 Å². The summed E-state index contributed by atoms with van der Waals surface area (Å²) in [5, 5.41) is 6.26. The van der Waals surface area contributed by atoms with E-state index in [1.54, 1.807) is 0 Å². The first kappa shape index (κ1) is 12.5. The Kier molecular flexibility index (Phi) is 5.65. The highest BCUT2D eigenvalue weighted by Gasteiger charge is 2.18. The highest BCUT2D eigenvalue weighted by Crippen LogP contribution is 2.08. The molecule has 1 aliphatic heterocycles. The molecule has 0 spiro atoms. The van der Waals surface area contributed by atoms with Crippen molar-refractivity contribution < 1.29 is 4.79 Å². The van der Waals surface area contributed by atoms with Crippen LogP contribution in [0.1, 0.15) is 25.7 Å². The molecule has 0 saturated carbocycles. The molecule has 1 aliphatic rings. The van der Waals surface area contributed by atoms with Gasteiger partial charge in [0.1, 0.15) is 0 Å². The number of hydrogen-bond donors (Lipinski definition) is 2. The normalized spacial score (nSPS) is 22.5. The second kappa shape index (κ2) is 6.80. The number of carbonyl (C=O) groups is 1. The van der Waals surface area contributed by atoms with Crippen molar-refractivity contribution in [2.45, 2.75) is 31.7 Å². The minimum Gasteiger partial charge on any atom is -0.353 e. The molecule has 1 rings (SSSR count). The first-order valence-electron chi connectivity index (χ1n) is 5.86. The monoisotopic (exact) mass is 213 g/mol. The van der Waals surface area contributed by atoms with E-state index in [9.17, 15) is 4.79 Å². The Labute approximate surface area is 92.4 Å². The van der Waals surface area contributed by atoms with Gasteiger partial charge in [0, 0.05) is 13.1 Å². The van der Waals surface area contributed by atoms with Crippen molar-refractivity contribution in [3.05, 3.63) is 0 Å². The van der Waals surface area contributed by atoms with Gasteiger partial charge in [0.2, 0.25) is 5.91 Å². The van der Waals surface area contributed by atoms with Crippen molar-refractivity contribution in [1.82, 2.24) is 15.5 Å². The van der Waals surface area contributed by atoms with Gasteiger partial charge in [-0.15, -0.1) is 0 Å². The first-order valence-corrected chi connectivity index (χ1v) is 5.86. The molecule has 0 aliphatic carbocycles. The van der Waals surface area contributed by atoms with Gasteiger partial charge in [-0.25, -0.2) is 0 Å². The zero-order valence-corrected chi connectivity index (χ0v) is 9.88. The summed E-state index contributed by atoms with van der Waals surface area (Å²) in [4.78, 5) is 13.8. The molecule has 0 bridgehead atoms. The summed E-state index contributed by atoms with van der Waals surface area (Å²) in [6, 6.07) is 0.0367. The maximum Gasteiger partial charge on any atom is 0.237 e. The second-order valence-corrected chi connectivity index (χ2v) is 4.45. The maximum absolute atomic E-state index is 11.7. The largest absolute Gasteiger partial charge is 0.353 e. The van der Waals surface area contributed by atoms with E-state index in [0.29, 0.717) is 0 Å². The van der Waals surface area contributed by atoms with E-state index in [2.05, 4.69) is 15.5 Å². The van der Waals surface area contributed by atoms with Crippen LogP contribution in [0.5, 0.6) is 0 Å². The van der Waals surface area contributed by atoms with Crippen LogP contribution in [0.2, 0.25) is 0 Å². The van der Waals surface area contributed by atoms with Gasteiger partial charge in [-0.2, -0.15) is 0 Å². The molecule has 1 heterocycles. The fourth-order valence-corrected chi connectivity index (χ4v) is 1.78. The summed E-state index contributed by atoms with van der Waals surface area (Å²) in [6.45, 7) is 2.62. The molecule has 4 nitrogen and oxygen atoms in total. The van der Waals surface area contributed by atoms with Crippen LogP contribution >= 0.6 is 0 Å². The predicted octanol–water partition coefficient (Wildman–Crippen LogP) is 0.196. The molecule has 15 heavy (non-hydrogen) atoms. The van der Waals surface area contributed by atoms with Crippen LogP contribution in [0.25, 0.3) is 0 Å². The van der Waals surface area contributed by atoms with Gasteiger partial charge >= 0.3 is 0 Å². The Bertz CT molecular complexity index is 186. The van der Waals surface area contributed by atoms with Crippen LogP contribution in [0.4, 0.5) is 0 Å². The number of likely N-dealkylation sites (N-methyl/N-ethyl adjacent to an activating group) is 1. The molecule has 1 amide bonds. The van der Waals surface area contributed by atoms with Crippen molar-refractivity contribution in [2.24, 2.45) is 0 Å². The number of amides is 1. The summed E-state index contributed by atoms with van der Waals surface area (Å²) in [6.07, 6.45) is 4.59. The van der Waals surface area contributed by atoms with E-state index in [1.165, 1.54) is 19.3 Å². The summed E-state index contributed by atoms with van der Waals surface area (Å²) in [5.74, 6) is 0.166. The lowest BCUT2D eigenvalue weighted by Crippen LogP contribution is -2.45. The standard InChI is InChI=1S/C11H23N3O/c1-14(2)9-8-13-11(15)10-6-4-3-5-7-12-10/h10,12H,3-9H2,1-2H3,(H,13,15). The SMILES string of the molecule is CN(C)CCNC(=O)C1CCCCCN1. The number of rotatable bonds is 4. The van der Waals surface area contributed by atoms with Crippen molar-refractivity contribution >= 4 is 5.91 Å². The maximum atomic E-state index is 11.7. The molecule has 0 aromatic heterocycles. The average molecular weight is 213 g/mol. The smallest absolute Gasteiger partial charge is 0.237 e. The lowest BCUT2D eigenvalue weighted by molar-refractivity contribution is -0.123. The fourth-order valence-electron chi connectivity index (χ4n) is 1.78. The number of carbonyl (C=O) groups excluding carboxylic acids is 1. The molecule has 1 saturated heterocycles.